The molecule has 5 rings (SSSR count). The molecule has 39 heavy (non-hydrogen) atoms. The van der Waals surface area contributed by atoms with E-state index in [9.17, 15) is 19.1 Å². The van der Waals surface area contributed by atoms with E-state index in [-0.39, 0.29) is 35.4 Å². The molecule has 14 heteroatoms. The molecule has 3 aliphatic heterocycles. The molecule has 1 aromatic carbocycles. The summed E-state index contributed by atoms with van der Waals surface area (Å²) < 4.78 is 19.9. The maximum atomic E-state index is 14.5. The van der Waals surface area contributed by atoms with Crippen LogP contribution in [0, 0.1) is 5.82 Å². The molecular weight excluding hydrogens is 567 g/mol. The first-order valence-electron chi connectivity index (χ1n) is 12.3. The minimum Gasteiger partial charge on any atom is -0.480 e. The second kappa shape index (κ2) is 11.2. The molecule has 0 amide bonds. The molecular formula is C25H26ClFN6O4S2. The van der Waals surface area contributed by atoms with E-state index < -0.39 is 29.8 Å². The van der Waals surface area contributed by atoms with Gasteiger partial charge in [-0.3, -0.25) is 14.7 Å². The summed E-state index contributed by atoms with van der Waals surface area (Å²) in [7, 11) is 1.85. The predicted octanol–water partition coefficient (Wildman–Crippen LogP) is 2.51. The Morgan fingerprint density at radius 3 is 2.85 bits per heavy atom. The fraction of sp³-hybridized carbons (Fsp3) is 0.400. The van der Waals surface area contributed by atoms with Crippen LogP contribution in [-0.2, 0) is 14.3 Å². The number of piperazine rings is 1. The highest BCUT2D eigenvalue weighted by molar-refractivity contribution is 7.80. The smallest absolute Gasteiger partial charge is 0.338 e. The van der Waals surface area contributed by atoms with Gasteiger partial charge in [-0.15, -0.1) is 11.3 Å². The zero-order valence-corrected chi connectivity index (χ0v) is 23.5. The Morgan fingerprint density at radius 2 is 2.15 bits per heavy atom. The van der Waals surface area contributed by atoms with E-state index in [1.165, 1.54) is 23.5 Å². The number of aliphatic carboxylic acids is 1. The number of carbonyl (C=O) groups excluding carboxylic acids is 1. The average molecular weight is 593 g/mol. The largest absolute Gasteiger partial charge is 0.480 e. The summed E-state index contributed by atoms with van der Waals surface area (Å²) >= 11 is 13.2. The molecule has 0 bridgehead atoms. The molecule has 3 atom stereocenters. The number of aromatic nitrogens is 1. The number of rotatable bonds is 7. The molecule has 3 aliphatic rings. The number of thiocarbonyl (C=S) groups is 1. The second-order valence-corrected chi connectivity index (χ2v) is 10.9. The molecule has 2 aromatic rings. The lowest BCUT2D eigenvalue weighted by Gasteiger charge is -2.43. The SMILES string of the molecule is CCOC(=O)C1=C(CN2CCN3C(=S)N(C)C[C@H]3[C@@H]2C(=O)O)NC(c2nccs2)=N[C@H]1c1cccc(F)c1Cl. The van der Waals surface area contributed by atoms with Gasteiger partial charge in [0, 0.05) is 56.1 Å². The highest BCUT2D eigenvalue weighted by Gasteiger charge is 2.47. The van der Waals surface area contributed by atoms with Gasteiger partial charge in [-0.05, 0) is 25.2 Å². The van der Waals surface area contributed by atoms with Crippen LogP contribution >= 0.6 is 35.2 Å². The van der Waals surface area contributed by atoms with Crippen molar-refractivity contribution in [3.8, 4) is 0 Å². The molecule has 206 valence electrons. The van der Waals surface area contributed by atoms with Gasteiger partial charge in [-0.25, -0.2) is 14.2 Å². The minimum atomic E-state index is -1.00. The van der Waals surface area contributed by atoms with Gasteiger partial charge in [0.1, 0.15) is 17.9 Å². The van der Waals surface area contributed by atoms with Crippen LogP contribution in [0.25, 0.3) is 0 Å². The number of hydrogen-bond acceptors (Lipinski definition) is 9. The van der Waals surface area contributed by atoms with Crippen molar-refractivity contribution in [1.29, 1.82) is 0 Å². The second-order valence-electron chi connectivity index (χ2n) is 9.28. The lowest BCUT2D eigenvalue weighted by molar-refractivity contribution is -0.146. The van der Waals surface area contributed by atoms with E-state index in [4.69, 9.17) is 33.5 Å². The number of hydrogen-bond donors (Lipinski definition) is 2. The third-order valence-electron chi connectivity index (χ3n) is 6.97. The maximum absolute atomic E-state index is 14.5. The highest BCUT2D eigenvalue weighted by atomic mass is 35.5. The Balaban J connectivity index is 1.60. The number of thiazole rings is 1. The average Bonchev–Trinajstić information content (AvgIpc) is 3.53. The van der Waals surface area contributed by atoms with E-state index in [2.05, 4.69) is 10.3 Å². The van der Waals surface area contributed by atoms with Crippen molar-refractivity contribution in [3.05, 3.63) is 62.5 Å². The number of ether oxygens (including phenoxy) is 1. The number of fused-ring (bicyclic) bond motifs is 1. The number of nitrogens with zero attached hydrogens (tertiary/aromatic N) is 5. The maximum Gasteiger partial charge on any atom is 0.338 e. The van der Waals surface area contributed by atoms with Gasteiger partial charge >= 0.3 is 11.9 Å². The number of benzene rings is 1. The quantitative estimate of drug-likeness (QED) is 0.367. The van der Waals surface area contributed by atoms with Gasteiger partial charge in [-0.1, -0.05) is 23.7 Å². The van der Waals surface area contributed by atoms with Crippen LogP contribution in [0.15, 0.2) is 46.0 Å². The van der Waals surface area contributed by atoms with E-state index >= 15 is 0 Å². The van der Waals surface area contributed by atoms with Crippen LogP contribution in [0.5, 0.6) is 0 Å². The molecule has 0 spiro atoms. The lowest BCUT2D eigenvalue weighted by atomic mass is 9.94. The third kappa shape index (κ3) is 5.11. The van der Waals surface area contributed by atoms with E-state index in [0.29, 0.717) is 41.3 Å². The Hall–Kier alpha value is -3.13. The zero-order chi connectivity index (χ0) is 27.8. The number of carboxylic acids is 1. The zero-order valence-electron chi connectivity index (χ0n) is 21.1. The summed E-state index contributed by atoms with van der Waals surface area (Å²) in [6.07, 6.45) is 1.62. The van der Waals surface area contributed by atoms with Gasteiger partial charge in [0.2, 0.25) is 0 Å². The van der Waals surface area contributed by atoms with Crippen molar-refractivity contribution in [2.75, 3.05) is 39.8 Å². The van der Waals surface area contributed by atoms with Gasteiger partial charge in [0.05, 0.1) is 23.2 Å². The van der Waals surface area contributed by atoms with Crippen molar-refractivity contribution in [2.24, 2.45) is 4.99 Å². The van der Waals surface area contributed by atoms with Gasteiger partial charge in [-0.2, -0.15) is 0 Å². The van der Waals surface area contributed by atoms with Crippen LogP contribution in [0.2, 0.25) is 5.02 Å². The molecule has 2 N–H and O–H groups in total. The first kappa shape index (κ1) is 27.4. The molecule has 0 saturated carbocycles. The standard InChI is InChI=1S/C25H26ClFN6O4S2/c1-3-37-24(36)17-15(11-32-8-9-33-16(20(32)23(34)35)12-31(2)25(33)38)29-21(22-28-7-10-39-22)30-19(17)13-5-4-6-14(27)18(13)26/h4-7,10,16,19-20H,3,8-9,11-12H2,1-2H3,(H,29,30)(H,34,35)/t16-,19-,20+/m0/s1. The lowest BCUT2D eigenvalue weighted by Crippen LogP contribution is -2.62. The van der Waals surface area contributed by atoms with Crippen LogP contribution in [0.1, 0.15) is 23.5 Å². The fourth-order valence-corrected chi connectivity index (χ4v) is 6.36. The van der Waals surface area contributed by atoms with Crippen molar-refractivity contribution >= 4 is 58.0 Å². The normalized spacial score (nSPS) is 23.4. The van der Waals surface area contributed by atoms with Gasteiger partial charge < -0.3 is 25.0 Å². The Labute approximate surface area is 238 Å². The van der Waals surface area contributed by atoms with E-state index in [0.717, 1.165) is 0 Å². The number of carboxylic acid groups (broad SMARTS) is 1. The molecule has 0 unspecified atom stereocenters. The monoisotopic (exact) mass is 592 g/mol. The van der Waals surface area contributed by atoms with Crippen molar-refractivity contribution in [2.45, 2.75) is 25.0 Å². The fourth-order valence-electron chi connectivity index (χ4n) is 5.25. The topological polar surface area (TPSA) is 111 Å². The predicted molar refractivity (Wildman–Crippen MR) is 148 cm³/mol. The summed E-state index contributed by atoms with van der Waals surface area (Å²) in [6.45, 7) is 3.24. The number of nitrogens with one attached hydrogen (secondary N) is 1. The first-order chi connectivity index (χ1) is 18.7. The van der Waals surface area contributed by atoms with Gasteiger partial charge in [0.25, 0.3) is 0 Å². The van der Waals surface area contributed by atoms with E-state index in [1.807, 2.05) is 21.7 Å². The number of halogens is 2. The minimum absolute atomic E-state index is 0.0692. The first-order valence-corrected chi connectivity index (χ1v) is 13.9. The van der Waals surface area contributed by atoms with Crippen molar-refractivity contribution in [3.63, 3.8) is 0 Å². The summed E-state index contributed by atoms with van der Waals surface area (Å²) in [4.78, 5) is 40.6. The molecule has 4 heterocycles. The number of likely N-dealkylation sites (N-methyl/N-ethyl adjacent to an activating group) is 1. The number of carbonyl (C=O) groups is 2. The van der Waals surface area contributed by atoms with Crippen molar-refractivity contribution in [1.82, 2.24) is 25.0 Å². The summed E-state index contributed by atoms with van der Waals surface area (Å²) in [5.74, 6) is -1.92. The summed E-state index contributed by atoms with van der Waals surface area (Å²) in [5.41, 5.74) is 0.818. The highest BCUT2D eigenvalue weighted by Crippen LogP contribution is 2.38. The van der Waals surface area contributed by atoms with E-state index in [1.54, 1.807) is 24.6 Å². The molecule has 0 aliphatic carbocycles. The van der Waals surface area contributed by atoms with Gasteiger partial charge in [0.15, 0.2) is 16.0 Å². The molecule has 2 fully saturated rings. The Bertz CT molecular complexity index is 1370. The number of amidine groups is 1. The van der Waals surface area contributed by atoms with Crippen LogP contribution in [0.3, 0.4) is 0 Å². The van der Waals surface area contributed by atoms with Crippen LogP contribution in [0.4, 0.5) is 4.39 Å². The Kier molecular flexibility index (Phi) is 7.85. The number of esters is 1. The number of aliphatic imine (C=N–C) groups is 1. The van der Waals surface area contributed by atoms with Crippen LogP contribution in [-0.4, -0.2) is 99.6 Å². The van der Waals surface area contributed by atoms with Crippen molar-refractivity contribution < 1.29 is 23.8 Å². The summed E-state index contributed by atoms with van der Waals surface area (Å²) in [5, 5.41) is 16.3. The molecule has 1 aromatic heterocycles. The molecule has 10 nitrogen and oxygen atoms in total. The summed E-state index contributed by atoms with van der Waals surface area (Å²) in [6, 6.07) is 2.08. The molecule has 2 saturated heterocycles. The third-order valence-corrected chi connectivity index (χ3v) is 8.69. The Morgan fingerprint density at radius 1 is 1.36 bits per heavy atom. The molecule has 0 radical (unpaired) electrons. The van der Waals surface area contributed by atoms with Crippen LogP contribution < -0.4 is 5.32 Å².